The minimum Gasteiger partial charge on any atom is -0.326 e. The van der Waals surface area contributed by atoms with Gasteiger partial charge in [0, 0.05) is 34.9 Å². The Morgan fingerprint density at radius 2 is 1.82 bits per heavy atom. The molecule has 3 aromatic rings. The SMILES string of the molecule is CCn1nc(C)c(CCN=C(NC(=O)c2cc(C)cc(C)c2)Nc2cccc(SC)c2)c1C. The summed E-state index contributed by atoms with van der Waals surface area (Å²) in [7, 11) is 0. The van der Waals surface area contributed by atoms with Gasteiger partial charge in [-0.3, -0.25) is 19.8 Å². The molecule has 1 aromatic heterocycles. The molecule has 0 spiro atoms. The zero-order valence-corrected chi connectivity index (χ0v) is 21.1. The highest BCUT2D eigenvalue weighted by Gasteiger charge is 2.13. The Bertz CT molecular complexity index is 1150. The number of aliphatic imine (C=N–C) groups is 1. The standard InChI is InChI=1S/C26H33N5OS/c1-7-31-20(5)24(19(4)30-31)11-12-27-26(28-22-9-8-10-23(16-22)33-6)29-25(32)21-14-17(2)13-18(3)15-21/h8-10,13-16H,7,11-12H2,1-6H3,(H2,27,28,29,32). The van der Waals surface area contributed by atoms with E-state index in [1.807, 2.05) is 62.0 Å². The average Bonchev–Trinajstić information content (AvgIpc) is 3.06. The molecule has 33 heavy (non-hydrogen) atoms. The summed E-state index contributed by atoms with van der Waals surface area (Å²) in [4.78, 5) is 18.9. The molecular weight excluding hydrogens is 430 g/mol. The molecule has 3 rings (SSSR count). The zero-order valence-electron chi connectivity index (χ0n) is 20.3. The molecule has 0 saturated heterocycles. The van der Waals surface area contributed by atoms with Crippen LogP contribution < -0.4 is 10.6 Å². The second-order valence-electron chi connectivity index (χ2n) is 8.13. The van der Waals surface area contributed by atoms with Gasteiger partial charge < -0.3 is 5.32 Å². The van der Waals surface area contributed by atoms with Crippen molar-refractivity contribution in [1.82, 2.24) is 15.1 Å². The molecule has 2 N–H and O–H groups in total. The van der Waals surface area contributed by atoms with E-state index in [-0.39, 0.29) is 5.91 Å². The molecule has 0 bridgehead atoms. The first kappa shape index (κ1) is 24.6. The number of thioether (sulfide) groups is 1. The van der Waals surface area contributed by atoms with Crippen molar-refractivity contribution in [2.75, 3.05) is 18.1 Å². The summed E-state index contributed by atoms with van der Waals surface area (Å²) in [5, 5.41) is 10.9. The molecule has 0 aliphatic heterocycles. The number of guanidine groups is 1. The van der Waals surface area contributed by atoms with Crippen LogP contribution in [0.1, 0.15) is 45.4 Å². The van der Waals surface area contributed by atoms with Gasteiger partial charge in [0.1, 0.15) is 0 Å². The van der Waals surface area contributed by atoms with Crippen LogP contribution in [0.25, 0.3) is 0 Å². The van der Waals surface area contributed by atoms with Crippen molar-refractivity contribution in [3.05, 3.63) is 76.1 Å². The normalized spacial score (nSPS) is 11.5. The minimum atomic E-state index is -0.180. The van der Waals surface area contributed by atoms with Gasteiger partial charge in [-0.15, -0.1) is 11.8 Å². The molecule has 0 unspecified atom stereocenters. The number of hydrogen-bond acceptors (Lipinski definition) is 4. The lowest BCUT2D eigenvalue weighted by atomic mass is 10.1. The van der Waals surface area contributed by atoms with Crippen molar-refractivity contribution >= 4 is 29.3 Å². The van der Waals surface area contributed by atoms with E-state index in [9.17, 15) is 4.79 Å². The summed E-state index contributed by atoms with van der Waals surface area (Å²) >= 11 is 1.67. The average molecular weight is 464 g/mol. The molecule has 174 valence electrons. The van der Waals surface area contributed by atoms with Crippen LogP contribution in [0.4, 0.5) is 5.69 Å². The van der Waals surface area contributed by atoms with E-state index in [0.29, 0.717) is 18.1 Å². The monoisotopic (exact) mass is 463 g/mol. The van der Waals surface area contributed by atoms with E-state index >= 15 is 0 Å². The first-order chi connectivity index (χ1) is 15.8. The van der Waals surface area contributed by atoms with Crippen LogP contribution in [-0.4, -0.2) is 34.4 Å². The van der Waals surface area contributed by atoms with Crippen molar-refractivity contribution in [2.24, 2.45) is 4.99 Å². The Kier molecular flexibility index (Phi) is 8.33. The van der Waals surface area contributed by atoms with Gasteiger partial charge in [-0.1, -0.05) is 23.3 Å². The Hall–Kier alpha value is -3.06. The number of nitrogens with one attached hydrogen (secondary N) is 2. The quantitative estimate of drug-likeness (QED) is 0.283. The molecule has 0 aliphatic rings. The maximum absolute atomic E-state index is 13.0. The number of aromatic nitrogens is 2. The van der Waals surface area contributed by atoms with Gasteiger partial charge in [0.15, 0.2) is 0 Å². The number of rotatable bonds is 7. The van der Waals surface area contributed by atoms with Crippen LogP contribution in [0.15, 0.2) is 52.4 Å². The van der Waals surface area contributed by atoms with Crippen LogP contribution in [0.2, 0.25) is 0 Å². The van der Waals surface area contributed by atoms with E-state index in [2.05, 4.69) is 41.7 Å². The first-order valence-corrected chi connectivity index (χ1v) is 12.4. The number of carbonyl (C=O) groups is 1. The fraction of sp³-hybridized carbons (Fsp3) is 0.346. The third-order valence-corrected chi connectivity index (χ3v) is 6.24. The smallest absolute Gasteiger partial charge is 0.257 e. The lowest BCUT2D eigenvalue weighted by molar-refractivity contribution is 0.0976. The van der Waals surface area contributed by atoms with Gasteiger partial charge in [0.2, 0.25) is 5.96 Å². The molecule has 1 heterocycles. The molecule has 2 aromatic carbocycles. The molecule has 0 radical (unpaired) electrons. The van der Waals surface area contributed by atoms with Gasteiger partial charge in [-0.05, 0) is 83.2 Å². The number of nitrogens with zero attached hydrogens (tertiary/aromatic N) is 3. The molecule has 0 fully saturated rings. The Balaban J connectivity index is 1.82. The van der Waals surface area contributed by atoms with Crippen molar-refractivity contribution in [3.63, 3.8) is 0 Å². The lowest BCUT2D eigenvalue weighted by Crippen LogP contribution is -2.36. The first-order valence-electron chi connectivity index (χ1n) is 11.2. The molecule has 0 atom stereocenters. The van der Waals surface area contributed by atoms with Crippen molar-refractivity contribution in [1.29, 1.82) is 0 Å². The molecular formula is C26H33N5OS. The van der Waals surface area contributed by atoms with Crippen LogP contribution in [0.3, 0.4) is 0 Å². The van der Waals surface area contributed by atoms with E-state index < -0.39 is 0 Å². The van der Waals surface area contributed by atoms with Gasteiger partial charge in [-0.25, -0.2) is 0 Å². The van der Waals surface area contributed by atoms with Gasteiger partial charge in [0.05, 0.1) is 5.69 Å². The summed E-state index contributed by atoms with van der Waals surface area (Å²) in [6, 6.07) is 13.9. The summed E-state index contributed by atoms with van der Waals surface area (Å²) in [5.41, 5.74) is 7.03. The molecule has 6 nitrogen and oxygen atoms in total. The second kappa shape index (κ2) is 11.2. The van der Waals surface area contributed by atoms with Crippen LogP contribution in [0.5, 0.6) is 0 Å². The van der Waals surface area contributed by atoms with Crippen molar-refractivity contribution < 1.29 is 4.79 Å². The number of carbonyl (C=O) groups excluding carboxylic acids is 1. The Labute approximate surface area is 200 Å². The third kappa shape index (κ3) is 6.48. The van der Waals surface area contributed by atoms with Gasteiger partial charge in [0.25, 0.3) is 5.91 Å². The highest BCUT2D eigenvalue weighted by molar-refractivity contribution is 7.98. The second-order valence-corrected chi connectivity index (χ2v) is 9.01. The summed E-state index contributed by atoms with van der Waals surface area (Å²) < 4.78 is 2.02. The Morgan fingerprint density at radius 1 is 1.09 bits per heavy atom. The van der Waals surface area contributed by atoms with Crippen LogP contribution in [-0.2, 0) is 13.0 Å². The molecule has 1 amide bonds. The number of anilines is 1. The zero-order chi connectivity index (χ0) is 24.0. The van der Waals surface area contributed by atoms with Gasteiger partial charge in [-0.2, -0.15) is 5.10 Å². The summed E-state index contributed by atoms with van der Waals surface area (Å²) in [6.45, 7) is 11.6. The number of aryl methyl sites for hydroxylation is 4. The fourth-order valence-electron chi connectivity index (χ4n) is 3.92. The van der Waals surface area contributed by atoms with E-state index in [1.165, 1.54) is 11.3 Å². The topological polar surface area (TPSA) is 71.3 Å². The number of amides is 1. The van der Waals surface area contributed by atoms with Crippen molar-refractivity contribution in [3.8, 4) is 0 Å². The Morgan fingerprint density at radius 3 is 2.45 bits per heavy atom. The van der Waals surface area contributed by atoms with Gasteiger partial charge >= 0.3 is 0 Å². The predicted molar refractivity (Wildman–Crippen MR) is 139 cm³/mol. The van der Waals surface area contributed by atoms with Crippen LogP contribution >= 0.6 is 11.8 Å². The maximum Gasteiger partial charge on any atom is 0.257 e. The third-order valence-electron chi connectivity index (χ3n) is 5.51. The van der Waals surface area contributed by atoms with Crippen molar-refractivity contribution in [2.45, 2.75) is 52.5 Å². The maximum atomic E-state index is 13.0. The predicted octanol–water partition coefficient (Wildman–Crippen LogP) is 5.30. The number of benzene rings is 2. The lowest BCUT2D eigenvalue weighted by Gasteiger charge is -2.13. The number of hydrogen-bond donors (Lipinski definition) is 2. The van der Waals surface area contributed by atoms with E-state index in [4.69, 9.17) is 4.99 Å². The van der Waals surface area contributed by atoms with E-state index in [0.717, 1.165) is 40.4 Å². The molecule has 0 aliphatic carbocycles. The van der Waals surface area contributed by atoms with Crippen LogP contribution in [0, 0.1) is 27.7 Å². The largest absolute Gasteiger partial charge is 0.326 e. The molecule has 7 heteroatoms. The van der Waals surface area contributed by atoms with E-state index in [1.54, 1.807) is 11.8 Å². The summed E-state index contributed by atoms with van der Waals surface area (Å²) in [6.07, 6.45) is 2.80. The minimum absolute atomic E-state index is 0.180. The molecule has 0 saturated carbocycles. The highest BCUT2D eigenvalue weighted by atomic mass is 32.2. The highest BCUT2D eigenvalue weighted by Crippen LogP contribution is 2.19. The summed E-state index contributed by atoms with van der Waals surface area (Å²) in [5.74, 6) is 0.260. The fourth-order valence-corrected chi connectivity index (χ4v) is 4.38.